The maximum atomic E-state index is 13.0. The highest BCUT2D eigenvalue weighted by atomic mass is 32.2. The lowest BCUT2D eigenvalue weighted by atomic mass is 10.1. The third kappa shape index (κ3) is 3.47. The number of hydrogen-bond acceptors (Lipinski definition) is 3. The zero-order valence-corrected chi connectivity index (χ0v) is 11.3. The largest absolute Gasteiger partial charge is 0.481 e. The van der Waals surface area contributed by atoms with Crippen LogP contribution in [-0.4, -0.2) is 29.3 Å². The van der Waals surface area contributed by atoms with Crippen LogP contribution in [0.3, 0.4) is 0 Å². The number of benzene rings is 1. The third-order valence-electron chi connectivity index (χ3n) is 3.19. The van der Waals surface area contributed by atoms with Gasteiger partial charge in [0.1, 0.15) is 0 Å². The van der Waals surface area contributed by atoms with Crippen molar-refractivity contribution in [3.63, 3.8) is 0 Å². The molecule has 1 saturated carbocycles. The highest BCUT2D eigenvalue weighted by Gasteiger charge is 2.50. The molecule has 2 rings (SSSR count). The average molecular weight is 301 g/mol. The fourth-order valence-electron chi connectivity index (χ4n) is 1.65. The summed E-state index contributed by atoms with van der Waals surface area (Å²) in [5.74, 6) is -3.09. The number of amides is 1. The Hall–Kier alpha value is -1.63. The maximum absolute atomic E-state index is 13.0. The maximum Gasteiger partial charge on any atom is 0.311 e. The van der Waals surface area contributed by atoms with E-state index in [2.05, 4.69) is 5.32 Å². The smallest absolute Gasteiger partial charge is 0.311 e. The van der Waals surface area contributed by atoms with Gasteiger partial charge >= 0.3 is 5.97 Å². The summed E-state index contributed by atoms with van der Waals surface area (Å²) < 4.78 is 25.7. The number of hydrogen-bond donors (Lipinski definition) is 2. The molecule has 0 bridgehead atoms. The highest BCUT2D eigenvalue weighted by molar-refractivity contribution is 8.00. The Morgan fingerprint density at radius 2 is 2.00 bits per heavy atom. The first-order valence-electron chi connectivity index (χ1n) is 6.01. The molecule has 4 nitrogen and oxygen atoms in total. The van der Waals surface area contributed by atoms with Crippen molar-refractivity contribution in [1.29, 1.82) is 0 Å². The molecule has 0 aliphatic heterocycles. The summed E-state index contributed by atoms with van der Waals surface area (Å²) in [5.41, 5.74) is -0.803. The van der Waals surface area contributed by atoms with E-state index in [1.165, 1.54) is 6.07 Å². The molecule has 108 valence electrons. The van der Waals surface area contributed by atoms with Gasteiger partial charge in [0.2, 0.25) is 5.91 Å². The lowest BCUT2D eigenvalue weighted by Gasteiger charge is -2.10. The van der Waals surface area contributed by atoms with Crippen molar-refractivity contribution in [3.8, 4) is 0 Å². The van der Waals surface area contributed by atoms with E-state index >= 15 is 0 Å². The molecule has 0 aromatic heterocycles. The molecule has 2 N–H and O–H groups in total. The molecule has 1 aromatic rings. The molecular weight excluding hydrogens is 288 g/mol. The van der Waals surface area contributed by atoms with Crippen LogP contribution in [0.4, 0.5) is 8.78 Å². The van der Waals surface area contributed by atoms with Gasteiger partial charge in [-0.2, -0.15) is 0 Å². The van der Waals surface area contributed by atoms with Crippen LogP contribution in [0.25, 0.3) is 0 Å². The monoisotopic (exact) mass is 301 g/mol. The number of thioether (sulfide) groups is 1. The van der Waals surface area contributed by atoms with Gasteiger partial charge in [0.15, 0.2) is 11.6 Å². The van der Waals surface area contributed by atoms with Crippen LogP contribution in [0.1, 0.15) is 12.8 Å². The van der Waals surface area contributed by atoms with E-state index in [4.69, 9.17) is 5.11 Å². The second-order valence-corrected chi connectivity index (χ2v) is 5.78. The van der Waals surface area contributed by atoms with Crippen molar-refractivity contribution in [2.45, 2.75) is 17.7 Å². The number of carbonyl (C=O) groups is 2. The third-order valence-corrected chi connectivity index (χ3v) is 4.19. The van der Waals surface area contributed by atoms with Gasteiger partial charge in [-0.25, -0.2) is 8.78 Å². The van der Waals surface area contributed by atoms with E-state index in [1.54, 1.807) is 0 Å². The lowest BCUT2D eigenvalue weighted by Crippen LogP contribution is -2.35. The summed E-state index contributed by atoms with van der Waals surface area (Å²) in [7, 11) is 0. The normalized spacial score (nSPS) is 15.7. The van der Waals surface area contributed by atoms with Crippen molar-refractivity contribution in [2.75, 3.05) is 12.3 Å². The lowest BCUT2D eigenvalue weighted by molar-refractivity contribution is -0.143. The van der Waals surface area contributed by atoms with Crippen LogP contribution >= 0.6 is 11.8 Å². The summed E-state index contributed by atoms with van der Waals surface area (Å²) in [6, 6.07) is 3.40. The number of carbonyl (C=O) groups excluding carboxylic acids is 1. The predicted octanol–water partition coefficient (Wildman–Crippen LogP) is 2.04. The Bertz CT molecular complexity index is 546. The van der Waals surface area contributed by atoms with Gasteiger partial charge in [0.05, 0.1) is 11.2 Å². The summed E-state index contributed by atoms with van der Waals surface area (Å²) in [5, 5.41) is 11.5. The second-order valence-electron chi connectivity index (χ2n) is 4.73. The summed E-state index contributed by atoms with van der Waals surface area (Å²) >= 11 is 1.06. The average Bonchev–Trinajstić information content (AvgIpc) is 3.19. The molecule has 1 fully saturated rings. The van der Waals surface area contributed by atoms with Gasteiger partial charge in [-0.1, -0.05) is 0 Å². The Labute approximate surface area is 118 Å². The number of rotatable bonds is 6. The van der Waals surface area contributed by atoms with Crippen molar-refractivity contribution in [1.82, 2.24) is 5.32 Å². The van der Waals surface area contributed by atoms with Gasteiger partial charge in [0.25, 0.3) is 0 Å². The van der Waals surface area contributed by atoms with E-state index in [0.717, 1.165) is 23.9 Å². The number of nitrogens with one attached hydrogen (secondary N) is 1. The second kappa shape index (κ2) is 5.78. The molecule has 0 heterocycles. The van der Waals surface area contributed by atoms with Gasteiger partial charge < -0.3 is 10.4 Å². The van der Waals surface area contributed by atoms with E-state index in [-0.39, 0.29) is 18.2 Å². The van der Waals surface area contributed by atoms with E-state index < -0.39 is 23.0 Å². The molecule has 0 spiro atoms. The van der Waals surface area contributed by atoms with Crippen LogP contribution in [0, 0.1) is 17.0 Å². The summed E-state index contributed by atoms with van der Waals surface area (Å²) in [6.07, 6.45) is 1.14. The van der Waals surface area contributed by atoms with E-state index in [1.807, 2.05) is 0 Å². The molecule has 1 amide bonds. The quantitative estimate of drug-likeness (QED) is 0.789. The Kier molecular flexibility index (Phi) is 4.27. The number of carboxylic acid groups (broad SMARTS) is 1. The highest BCUT2D eigenvalue weighted by Crippen LogP contribution is 2.45. The fraction of sp³-hybridized carbons (Fsp3) is 0.385. The molecule has 0 atom stereocenters. The SMILES string of the molecule is O=C(CSc1ccc(F)c(F)c1)NCC1(C(=O)O)CC1. The molecule has 0 saturated heterocycles. The first kappa shape index (κ1) is 14.8. The molecule has 1 aromatic carbocycles. The van der Waals surface area contributed by atoms with Gasteiger partial charge in [0, 0.05) is 11.4 Å². The van der Waals surface area contributed by atoms with Gasteiger partial charge in [-0.05, 0) is 31.0 Å². The zero-order chi connectivity index (χ0) is 14.8. The van der Waals surface area contributed by atoms with Crippen LogP contribution < -0.4 is 5.32 Å². The van der Waals surface area contributed by atoms with Crippen molar-refractivity contribution in [2.24, 2.45) is 5.41 Å². The number of carboxylic acids is 1. The molecule has 7 heteroatoms. The Balaban J connectivity index is 1.78. The number of aliphatic carboxylic acids is 1. The van der Waals surface area contributed by atoms with Crippen LogP contribution in [0.2, 0.25) is 0 Å². The molecule has 1 aliphatic carbocycles. The van der Waals surface area contributed by atoms with Crippen molar-refractivity contribution >= 4 is 23.6 Å². The summed E-state index contributed by atoms with van der Waals surface area (Å²) in [4.78, 5) is 22.9. The van der Waals surface area contributed by atoms with Gasteiger partial charge in [-0.15, -0.1) is 11.8 Å². The number of halogens is 2. The van der Waals surface area contributed by atoms with Crippen LogP contribution in [0.5, 0.6) is 0 Å². The van der Waals surface area contributed by atoms with Crippen molar-refractivity contribution < 1.29 is 23.5 Å². The molecule has 1 aliphatic rings. The fourth-order valence-corrected chi connectivity index (χ4v) is 2.40. The minimum Gasteiger partial charge on any atom is -0.481 e. The summed E-state index contributed by atoms with van der Waals surface area (Å²) in [6.45, 7) is 0.111. The van der Waals surface area contributed by atoms with Crippen LogP contribution in [0.15, 0.2) is 23.1 Å². The molecule has 20 heavy (non-hydrogen) atoms. The topological polar surface area (TPSA) is 66.4 Å². The van der Waals surface area contributed by atoms with Crippen molar-refractivity contribution in [3.05, 3.63) is 29.8 Å². The molecule has 0 radical (unpaired) electrons. The van der Waals surface area contributed by atoms with E-state index in [9.17, 15) is 18.4 Å². The minimum absolute atomic E-state index is 0.0285. The molecular formula is C13H13F2NO3S. The van der Waals surface area contributed by atoms with Gasteiger partial charge in [-0.3, -0.25) is 9.59 Å². The molecule has 0 unspecified atom stereocenters. The first-order chi connectivity index (χ1) is 9.43. The standard InChI is InChI=1S/C13H13F2NO3S/c14-9-2-1-8(5-10(9)15)20-6-11(17)16-7-13(3-4-13)12(18)19/h1-2,5H,3-4,6-7H2,(H,16,17)(H,18,19). The zero-order valence-electron chi connectivity index (χ0n) is 10.5. The van der Waals surface area contributed by atoms with E-state index in [0.29, 0.717) is 17.7 Å². The first-order valence-corrected chi connectivity index (χ1v) is 6.99. The predicted molar refractivity (Wildman–Crippen MR) is 69.4 cm³/mol. The Morgan fingerprint density at radius 1 is 1.30 bits per heavy atom. The minimum atomic E-state index is -0.960. The Morgan fingerprint density at radius 3 is 2.55 bits per heavy atom. The van der Waals surface area contributed by atoms with Crippen LogP contribution in [-0.2, 0) is 9.59 Å².